The van der Waals surface area contributed by atoms with Crippen molar-refractivity contribution in [2.45, 2.75) is 39.3 Å². The predicted molar refractivity (Wildman–Crippen MR) is 108 cm³/mol. The van der Waals surface area contributed by atoms with Crippen molar-refractivity contribution in [1.82, 2.24) is 19.9 Å². The van der Waals surface area contributed by atoms with Crippen LogP contribution < -0.4 is 0 Å². The van der Waals surface area contributed by atoms with Crippen molar-refractivity contribution < 1.29 is 23.3 Å². The summed E-state index contributed by atoms with van der Waals surface area (Å²) in [6.07, 6.45) is 0.760. The van der Waals surface area contributed by atoms with Crippen molar-refractivity contribution >= 4 is 17.7 Å². The number of carbonyl (C=O) groups is 3. The molecule has 1 unspecified atom stereocenters. The van der Waals surface area contributed by atoms with E-state index in [1.807, 2.05) is 0 Å². The molecule has 164 valence electrons. The minimum absolute atomic E-state index is 0.0142. The van der Waals surface area contributed by atoms with E-state index in [0.717, 1.165) is 11.1 Å². The average Bonchev–Trinajstić information content (AvgIpc) is 2.94. The average molecular weight is 428 g/mol. The molecule has 2 aliphatic rings. The van der Waals surface area contributed by atoms with Gasteiger partial charge in [0.05, 0.1) is 18.7 Å². The van der Waals surface area contributed by atoms with Gasteiger partial charge in [-0.2, -0.15) is 0 Å². The number of rotatable bonds is 4. The molecule has 2 aromatic rings. The fourth-order valence-corrected chi connectivity index (χ4v) is 4.23. The van der Waals surface area contributed by atoms with Gasteiger partial charge in [0, 0.05) is 25.2 Å². The first-order valence-electron chi connectivity index (χ1n) is 10.4. The van der Waals surface area contributed by atoms with E-state index in [0.29, 0.717) is 31.0 Å². The molecule has 31 heavy (non-hydrogen) atoms. The van der Waals surface area contributed by atoms with Gasteiger partial charge in [-0.05, 0) is 38.0 Å². The molecule has 0 saturated carbocycles. The van der Waals surface area contributed by atoms with E-state index in [4.69, 9.17) is 4.52 Å². The highest BCUT2D eigenvalue weighted by atomic mass is 19.1. The van der Waals surface area contributed by atoms with Crippen LogP contribution >= 0.6 is 0 Å². The Labute approximate surface area is 179 Å². The molecule has 2 saturated heterocycles. The Kier molecular flexibility index (Phi) is 5.75. The number of aryl methyl sites for hydroxylation is 2. The van der Waals surface area contributed by atoms with Crippen molar-refractivity contribution in [3.8, 4) is 0 Å². The minimum Gasteiger partial charge on any atom is -0.361 e. The van der Waals surface area contributed by atoms with E-state index >= 15 is 0 Å². The van der Waals surface area contributed by atoms with E-state index in [2.05, 4.69) is 5.16 Å². The second-order valence-corrected chi connectivity index (χ2v) is 8.10. The number of piperazine rings is 1. The number of amides is 3. The molecule has 9 heteroatoms. The van der Waals surface area contributed by atoms with Crippen LogP contribution in [0.5, 0.6) is 0 Å². The SMILES string of the molecule is Cc1noc(C)c1CC(=O)N1CCCN2C(=O)CN(Cc3ccc(F)cc3)C(=O)C2C1. The van der Waals surface area contributed by atoms with Crippen LogP contribution in [0.2, 0.25) is 0 Å². The molecule has 3 amide bonds. The lowest BCUT2D eigenvalue weighted by molar-refractivity contribution is -0.157. The Bertz CT molecular complexity index is 984. The smallest absolute Gasteiger partial charge is 0.247 e. The van der Waals surface area contributed by atoms with Crippen LogP contribution in [0.3, 0.4) is 0 Å². The number of fused-ring (bicyclic) bond motifs is 1. The summed E-state index contributed by atoms with van der Waals surface area (Å²) in [7, 11) is 0. The fraction of sp³-hybridized carbons (Fsp3) is 0.455. The third-order valence-corrected chi connectivity index (χ3v) is 5.99. The Morgan fingerprint density at radius 3 is 2.61 bits per heavy atom. The monoisotopic (exact) mass is 428 g/mol. The summed E-state index contributed by atoms with van der Waals surface area (Å²) in [6, 6.07) is 5.16. The highest BCUT2D eigenvalue weighted by Crippen LogP contribution is 2.21. The summed E-state index contributed by atoms with van der Waals surface area (Å²) in [5.74, 6) is -0.191. The van der Waals surface area contributed by atoms with E-state index in [1.54, 1.807) is 35.8 Å². The van der Waals surface area contributed by atoms with Gasteiger partial charge in [0.1, 0.15) is 24.2 Å². The van der Waals surface area contributed by atoms with Crippen LogP contribution in [0, 0.1) is 19.7 Å². The molecule has 0 spiro atoms. The van der Waals surface area contributed by atoms with Gasteiger partial charge in [0.25, 0.3) is 0 Å². The number of benzene rings is 1. The molecule has 3 heterocycles. The predicted octanol–water partition coefficient (Wildman–Crippen LogP) is 1.44. The number of hydrogen-bond acceptors (Lipinski definition) is 5. The molecule has 1 aromatic heterocycles. The molecule has 2 fully saturated rings. The molecule has 2 aliphatic heterocycles. The molecule has 4 rings (SSSR count). The van der Waals surface area contributed by atoms with Crippen molar-refractivity contribution in [3.05, 3.63) is 52.7 Å². The highest BCUT2D eigenvalue weighted by molar-refractivity contribution is 5.95. The quantitative estimate of drug-likeness (QED) is 0.736. The molecular formula is C22H25FN4O4. The molecule has 0 radical (unpaired) electrons. The Morgan fingerprint density at radius 2 is 1.94 bits per heavy atom. The van der Waals surface area contributed by atoms with Gasteiger partial charge in [-0.25, -0.2) is 4.39 Å². The molecule has 0 bridgehead atoms. The van der Waals surface area contributed by atoms with Crippen LogP contribution in [0.4, 0.5) is 4.39 Å². The lowest BCUT2D eigenvalue weighted by atomic mass is 10.1. The van der Waals surface area contributed by atoms with Crippen molar-refractivity contribution in [2.75, 3.05) is 26.2 Å². The van der Waals surface area contributed by atoms with Crippen LogP contribution in [-0.2, 0) is 27.3 Å². The van der Waals surface area contributed by atoms with Gasteiger partial charge in [0.15, 0.2) is 0 Å². The molecule has 1 aromatic carbocycles. The molecule has 8 nitrogen and oxygen atoms in total. The largest absolute Gasteiger partial charge is 0.361 e. The zero-order chi connectivity index (χ0) is 22.1. The number of halogens is 1. The first kappa shape index (κ1) is 21.0. The summed E-state index contributed by atoms with van der Waals surface area (Å²) >= 11 is 0. The van der Waals surface area contributed by atoms with E-state index in [-0.39, 0.29) is 49.6 Å². The third kappa shape index (κ3) is 4.30. The van der Waals surface area contributed by atoms with Gasteiger partial charge in [-0.1, -0.05) is 17.3 Å². The van der Waals surface area contributed by atoms with E-state index in [9.17, 15) is 18.8 Å². The fourth-order valence-electron chi connectivity index (χ4n) is 4.23. The Morgan fingerprint density at radius 1 is 1.19 bits per heavy atom. The molecular weight excluding hydrogens is 403 g/mol. The molecule has 0 N–H and O–H groups in total. The number of nitrogens with zero attached hydrogens (tertiary/aromatic N) is 4. The summed E-state index contributed by atoms with van der Waals surface area (Å²) < 4.78 is 18.3. The number of hydrogen-bond donors (Lipinski definition) is 0. The van der Waals surface area contributed by atoms with Crippen LogP contribution in [0.25, 0.3) is 0 Å². The minimum atomic E-state index is -0.710. The maximum absolute atomic E-state index is 13.2. The van der Waals surface area contributed by atoms with Gasteiger partial charge < -0.3 is 19.2 Å². The van der Waals surface area contributed by atoms with Gasteiger partial charge in [-0.15, -0.1) is 0 Å². The van der Waals surface area contributed by atoms with Gasteiger partial charge in [0.2, 0.25) is 17.7 Å². The summed E-state index contributed by atoms with van der Waals surface area (Å²) in [5, 5.41) is 3.89. The second kappa shape index (κ2) is 8.49. The van der Waals surface area contributed by atoms with Crippen molar-refractivity contribution in [2.24, 2.45) is 0 Å². The zero-order valence-electron chi connectivity index (χ0n) is 17.6. The Balaban J connectivity index is 1.49. The standard InChI is InChI=1S/C22H25FN4O4/c1-14-18(15(2)31-24-14)10-20(28)25-8-3-9-27-19(12-25)22(30)26(13-21(27)29)11-16-4-6-17(23)7-5-16/h4-7,19H,3,8-13H2,1-2H3. The van der Waals surface area contributed by atoms with Crippen LogP contribution in [0.15, 0.2) is 28.8 Å². The topological polar surface area (TPSA) is 87.0 Å². The molecule has 1 atom stereocenters. The lowest BCUT2D eigenvalue weighted by Gasteiger charge is -2.40. The van der Waals surface area contributed by atoms with Crippen LogP contribution in [0.1, 0.15) is 29.0 Å². The lowest BCUT2D eigenvalue weighted by Crippen LogP contribution is -2.61. The maximum Gasteiger partial charge on any atom is 0.247 e. The number of carbonyl (C=O) groups excluding carboxylic acids is 3. The Hall–Kier alpha value is -3.23. The van der Waals surface area contributed by atoms with Crippen molar-refractivity contribution in [3.63, 3.8) is 0 Å². The summed E-state index contributed by atoms with van der Waals surface area (Å²) in [4.78, 5) is 43.7. The third-order valence-electron chi connectivity index (χ3n) is 5.99. The highest BCUT2D eigenvalue weighted by Gasteiger charge is 2.42. The maximum atomic E-state index is 13.2. The van der Waals surface area contributed by atoms with Gasteiger partial charge in [-0.3, -0.25) is 14.4 Å². The van der Waals surface area contributed by atoms with E-state index in [1.165, 1.54) is 17.0 Å². The van der Waals surface area contributed by atoms with Gasteiger partial charge >= 0.3 is 0 Å². The van der Waals surface area contributed by atoms with Crippen molar-refractivity contribution in [1.29, 1.82) is 0 Å². The molecule has 0 aliphatic carbocycles. The van der Waals surface area contributed by atoms with Crippen LogP contribution in [-0.4, -0.2) is 69.8 Å². The normalized spacial score (nSPS) is 19.5. The first-order valence-corrected chi connectivity index (χ1v) is 10.4. The summed E-state index contributed by atoms with van der Waals surface area (Å²) in [6.45, 7) is 4.85. The number of aromatic nitrogens is 1. The van der Waals surface area contributed by atoms with E-state index < -0.39 is 6.04 Å². The second-order valence-electron chi connectivity index (χ2n) is 8.10. The first-order chi connectivity index (χ1) is 14.8. The summed E-state index contributed by atoms with van der Waals surface area (Å²) in [5.41, 5.74) is 2.18. The zero-order valence-corrected chi connectivity index (χ0v) is 17.6.